The molecule has 1 aliphatic rings. The average Bonchev–Trinajstić information content (AvgIpc) is 2.45. The van der Waals surface area contributed by atoms with E-state index in [0.29, 0.717) is 12.2 Å². The van der Waals surface area contributed by atoms with Crippen molar-refractivity contribution >= 4 is 17.6 Å². The van der Waals surface area contributed by atoms with Gasteiger partial charge in [-0.05, 0) is 18.1 Å². The molecule has 0 saturated heterocycles. The van der Waals surface area contributed by atoms with E-state index in [0.717, 1.165) is 0 Å². The molecule has 1 aromatic rings. The summed E-state index contributed by atoms with van der Waals surface area (Å²) in [6.07, 6.45) is 0. The predicted octanol–water partition coefficient (Wildman–Crippen LogP) is 1.34. The molecule has 1 amide bonds. The number of carbonyl (C=O) groups is 2. The van der Waals surface area contributed by atoms with Gasteiger partial charge in [0.15, 0.2) is 5.75 Å². The lowest BCUT2D eigenvalue weighted by Gasteiger charge is -2.33. The molecule has 114 valence electrons. The molecule has 0 bridgehead atoms. The topological polar surface area (TPSA) is 92.9 Å². The maximum Gasteiger partial charge on any atom is 0.339 e. The first-order valence-electron chi connectivity index (χ1n) is 6.98. The number of amides is 1. The Labute approximate surface area is 123 Å². The highest BCUT2D eigenvalue weighted by Gasteiger charge is 2.32. The van der Waals surface area contributed by atoms with Crippen molar-refractivity contribution in [2.24, 2.45) is 17.6 Å². The molecule has 6 nitrogen and oxygen atoms in total. The van der Waals surface area contributed by atoms with E-state index in [1.165, 1.54) is 6.07 Å². The number of benzene rings is 1. The van der Waals surface area contributed by atoms with Crippen LogP contribution in [0.2, 0.25) is 0 Å². The molecule has 1 atom stereocenters. The van der Waals surface area contributed by atoms with E-state index < -0.39 is 5.97 Å². The van der Waals surface area contributed by atoms with E-state index in [9.17, 15) is 14.7 Å². The molecule has 0 aromatic heterocycles. The van der Waals surface area contributed by atoms with Gasteiger partial charge in [0, 0.05) is 6.54 Å². The lowest BCUT2D eigenvalue weighted by atomic mass is 9.94. The summed E-state index contributed by atoms with van der Waals surface area (Å²) >= 11 is 0. The predicted molar refractivity (Wildman–Crippen MR) is 78.6 cm³/mol. The lowest BCUT2D eigenvalue weighted by molar-refractivity contribution is -0.123. The maximum atomic E-state index is 12.7. The Balaban J connectivity index is 2.41. The van der Waals surface area contributed by atoms with Gasteiger partial charge in [0.1, 0.15) is 12.2 Å². The molecule has 1 aliphatic heterocycles. The first-order chi connectivity index (χ1) is 9.97. The Morgan fingerprint density at radius 3 is 2.71 bits per heavy atom. The molecule has 0 saturated carbocycles. The van der Waals surface area contributed by atoms with Crippen molar-refractivity contribution in [3.8, 4) is 5.75 Å². The fraction of sp³-hybridized carbons (Fsp3) is 0.467. The Bertz CT molecular complexity index is 557. The zero-order valence-corrected chi connectivity index (χ0v) is 12.2. The number of rotatable bonds is 4. The van der Waals surface area contributed by atoms with Crippen LogP contribution in [0.3, 0.4) is 0 Å². The molecule has 2 rings (SSSR count). The van der Waals surface area contributed by atoms with Gasteiger partial charge in [0.05, 0.1) is 18.2 Å². The normalized spacial score (nSPS) is 15.3. The smallest absolute Gasteiger partial charge is 0.339 e. The molecule has 1 unspecified atom stereocenters. The average molecular weight is 292 g/mol. The van der Waals surface area contributed by atoms with E-state index in [1.54, 1.807) is 17.0 Å². The first kappa shape index (κ1) is 15.3. The molecule has 3 N–H and O–H groups in total. The summed E-state index contributed by atoms with van der Waals surface area (Å²) in [5, 5.41) is 9.21. The molecular formula is C15H20N2O4. The van der Waals surface area contributed by atoms with Crippen LogP contribution in [0.1, 0.15) is 24.2 Å². The molecule has 0 radical (unpaired) electrons. The summed E-state index contributed by atoms with van der Waals surface area (Å²) in [5.74, 6) is -1.06. The fourth-order valence-electron chi connectivity index (χ4n) is 2.50. The SMILES string of the molecule is CC(C)C(CN)C(=O)N1CCOc2c(C(=O)O)cccc21. The number of carboxylic acid groups (broad SMARTS) is 1. The summed E-state index contributed by atoms with van der Waals surface area (Å²) in [6, 6.07) is 4.79. The summed E-state index contributed by atoms with van der Waals surface area (Å²) in [5.41, 5.74) is 6.28. The number of carbonyl (C=O) groups excluding carboxylic acids is 1. The number of hydrogen-bond donors (Lipinski definition) is 2. The van der Waals surface area contributed by atoms with Gasteiger partial charge in [-0.25, -0.2) is 4.79 Å². The Hall–Kier alpha value is -2.08. The zero-order valence-electron chi connectivity index (χ0n) is 12.2. The third-order valence-corrected chi connectivity index (χ3v) is 3.72. The molecule has 0 fully saturated rings. The second-order valence-corrected chi connectivity index (χ2v) is 5.38. The van der Waals surface area contributed by atoms with Gasteiger partial charge in [-0.3, -0.25) is 4.79 Å². The number of nitrogens with two attached hydrogens (primary N) is 1. The van der Waals surface area contributed by atoms with Gasteiger partial charge >= 0.3 is 5.97 Å². The van der Waals surface area contributed by atoms with Crippen LogP contribution in [0.4, 0.5) is 5.69 Å². The molecule has 0 spiro atoms. The third-order valence-electron chi connectivity index (χ3n) is 3.72. The highest BCUT2D eigenvalue weighted by atomic mass is 16.5. The van der Waals surface area contributed by atoms with Crippen LogP contribution in [-0.4, -0.2) is 36.7 Å². The standard InChI is InChI=1S/C15H20N2O4/c1-9(2)11(8-16)14(18)17-6-7-21-13-10(15(19)20)4-3-5-12(13)17/h3-5,9,11H,6-8,16H2,1-2H3,(H,19,20). The van der Waals surface area contributed by atoms with Gasteiger partial charge in [0.25, 0.3) is 0 Å². The van der Waals surface area contributed by atoms with E-state index in [2.05, 4.69) is 0 Å². The molecule has 21 heavy (non-hydrogen) atoms. The van der Waals surface area contributed by atoms with Crippen LogP contribution < -0.4 is 15.4 Å². The van der Waals surface area contributed by atoms with Gasteiger partial charge in [0.2, 0.25) is 5.91 Å². The Morgan fingerprint density at radius 2 is 2.14 bits per heavy atom. The Morgan fingerprint density at radius 1 is 1.43 bits per heavy atom. The highest BCUT2D eigenvalue weighted by Crippen LogP contribution is 2.36. The van der Waals surface area contributed by atoms with Gasteiger partial charge in [-0.15, -0.1) is 0 Å². The third kappa shape index (κ3) is 2.85. The molecule has 0 aliphatic carbocycles. The van der Waals surface area contributed by atoms with Crippen molar-refractivity contribution in [1.29, 1.82) is 0 Å². The molecule has 1 aromatic carbocycles. The highest BCUT2D eigenvalue weighted by molar-refractivity contribution is 6.01. The van der Waals surface area contributed by atoms with Gasteiger partial charge in [-0.1, -0.05) is 19.9 Å². The largest absolute Gasteiger partial charge is 0.489 e. The molecule has 6 heteroatoms. The second kappa shape index (κ2) is 6.13. The minimum atomic E-state index is -1.07. The van der Waals surface area contributed by atoms with E-state index >= 15 is 0 Å². The van der Waals surface area contributed by atoms with Crippen LogP contribution in [0.25, 0.3) is 0 Å². The summed E-state index contributed by atoms with van der Waals surface area (Å²) < 4.78 is 5.46. The van der Waals surface area contributed by atoms with Crippen LogP contribution >= 0.6 is 0 Å². The fourth-order valence-corrected chi connectivity index (χ4v) is 2.50. The quantitative estimate of drug-likeness (QED) is 0.873. The van der Waals surface area contributed by atoms with E-state index in [4.69, 9.17) is 10.5 Å². The first-order valence-corrected chi connectivity index (χ1v) is 6.98. The number of nitrogens with zero attached hydrogens (tertiary/aromatic N) is 1. The molecule has 1 heterocycles. The number of aromatic carboxylic acids is 1. The number of anilines is 1. The van der Waals surface area contributed by atoms with Crippen LogP contribution in [0.5, 0.6) is 5.75 Å². The minimum absolute atomic E-state index is 0.0684. The number of ether oxygens (including phenoxy) is 1. The summed E-state index contributed by atoms with van der Waals surface area (Å²) in [6.45, 7) is 4.84. The number of fused-ring (bicyclic) bond motifs is 1. The monoisotopic (exact) mass is 292 g/mol. The number of para-hydroxylation sites is 1. The van der Waals surface area contributed by atoms with Crippen molar-refractivity contribution in [3.63, 3.8) is 0 Å². The zero-order chi connectivity index (χ0) is 15.6. The molecular weight excluding hydrogens is 272 g/mol. The van der Waals surface area contributed by atoms with E-state index in [1.807, 2.05) is 13.8 Å². The number of hydrogen-bond acceptors (Lipinski definition) is 4. The van der Waals surface area contributed by atoms with Crippen molar-refractivity contribution in [3.05, 3.63) is 23.8 Å². The Kier molecular flexibility index (Phi) is 4.47. The van der Waals surface area contributed by atoms with Crippen molar-refractivity contribution in [2.75, 3.05) is 24.6 Å². The second-order valence-electron chi connectivity index (χ2n) is 5.38. The lowest BCUT2D eigenvalue weighted by Crippen LogP contribution is -2.45. The summed E-state index contributed by atoms with van der Waals surface area (Å²) in [4.78, 5) is 25.5. The van der Waals surface area contributed by atoms with Crippen molar-refractivity contribution in [1.82, 2.24) is 0 Å². The van der Waals surface area contributed by atoms with Crippen LogP contribution in [-0.2, 0) is 4.79 Å². The van der Waals surface area contributed by atoms with Crippen LogP contribution in [0, 0.1) is 11.8 Å². The van der Waals surface area contributed by atoms with Crippen LogP contribution in [0.15, 0.2) is 18.2 Å². The van der Waals surface area contributed by atoms with E-state index in [-0.39, 0.29) is 42.2 Å². The van der Waals surface area contributed by atoms with Crippen molar-refractivity contribution < 1.29 is 19.4 Å². The summed E-state index contributed by atoms with van der Waals surface area (Å²) in [7, 11) is 0. The number of carboxylic acids is 1. The maximum absolute atomic E-state index is 12.7. The van der Waals surface area contributed by atoms with Crippen molar-refractivity contribution in [2.45, 2.75) is 13.8 Å². The van der Waals surface area contributed by atoms with Gasteiger partial charge < -0.3 is 20.5 Å². The minimum Gasteiger partial charge on any atom is -0.489 e. The van der Waals surface area contributed by atoms with Gasteiger partial charge in [-0.2, -0.15) is 0 Å².